The Hall–Kier alpha value is -1.63. The molecule has 13 heavy (non-hydrogen) atoms. The van der Waals surface area contributed by atoms with Gasteiger partial charge in [-0.1, -0.05) is 5.10 Å². The summed E-state index contributed by atoms with van der Waals surface area (Å²) in [6.45, 7) is 0.575. The van der Waals surface area contributed by atoms with Crippen LogP contribution in [0.1, 0.15) is 12.3 Å². The van der Waals surface area contributed by atoms with E-state index in [-0.39, 0.29) is 24.9 Å². The number of nitrogens with two attached hydrogens (primary N) is 2. The van der Waals surface area contributed by atoms with Gasteiger partial charge in [0.1, 0.15) is 0 Å². The quantitative estimate of drug-likeness (QED) is 0.530. The fraction of sp³-hybridized carbons (Fsp3) is 0.500. The Morgan fingerprint density at radius 1 is 1.54 bits per heavy atom. The Labute approximate surface area is 74.5 Å². The van der Waals surface area contributed by atoms with Gasteiger partial charge in [-0.3, -0.25) is 4.79 Å². The van der Waals surface area contributed by atoms with Crippen LogP contribution in [0.4, 0.5) is 6.01 Å². The number of nitrogens with zero attached hydrogens (tertiary/aromatic N) is 2. The second-order valence-electron chi connectivity index (χ2n) is 2.35. The Bertz CT molecular complexity index is 284. The van der Waals surface area contributed by atoms with Gasteiger partial charge in [0.25, 0.3) is 0 Å². The van der Waals surface area contributed by atoms with E-state index in [1.807, 2.05) is 0 Å². The molecule has 0 bridgehead atoms. The van der Waals surface area contributed by atoms with E-state index >= 15 is 0 Å². The minimum Gasteiger partial charge on any atom is -0.407 e. The Morgan fingerprint density at radius 3 is 2.85 bits per heavy atom. The van der Waals surface area contributed by atoms with Gasteiger partial charge in [0.05, 0.1) is 6.54 Å². The van der Waals surface area contributed by atoms with Crippen LogP contribution in [0.5, 0.6) is 0 Å². The molecule has 5 N–H and O–H groups in total. The number of primary amides is 1. The molecule has 0 aliphatic heterocycles. The molecule has 7 heteroatoms. The number of carbonyl (C=O) groups is 1. The number of aromatic nitrogens is 2. The molecule has 0 fully saturated rings. The van der Waals surface area contributed by atoms with Crippen molar-refractivity contribution in [3.63, 3.8) is 0 Å². The van der Waals surface area contributed by atoms with E-state index < -0.39 is 0 Å². The minimum atomic E-state index is -0.383. The average Bonchev–Trinajstić information content (AvgIpc) is 2.52. The molecule has 0 saturated carbocycles. The molecule has 1 aromatic heterocycles. The summed E-state index contributed by atoms with van der Waals surface area (Å²) in [4.78, 5) is 10.3. The fourth-order valence-electron chi connectivity index (χ4n) is 0.700. The van der Waals surface area contributed by atoms with Gasteiger partial charge in [-0.25, -0.2) is 0 Å². The minimum absolute atomic E-state index is 0.199. The maximum atomic E-state index is 10.3. The predicted octanol–water partition coefficient (Wildman–Crippen LogP) is -1.18. The first-order valence-electron chi connectivity index (χ1n) is 3.77. The lowest BCUT2D eigenvalue weighted by Gasteiger charge is -1.96. The number of carbonyl (C=O) groups excluding carboxylic acids is 1. The molecule has 0 atom stereocenters. The first-order valence-corrected chi connectivity index (χ1v) is 3.77. The summed E-state index contributed by atoms with van der Waals surface area (Å²) in [5.74, 6) is -0.0346. The lowest BCUT2D eigenvalue weighted by atomic mass is 10.4. The van der Waals surface area contributed by atoms with E-state index in [0.717, 1.165) is 0 Å². The van der Waals surface area contributed by atoms with E-state index in [9.17, 15) is 4.79 Å². The summed E-state index contributed by atoms with van der Waals surface area (Å²) in [7, 11) is 0. The molecule has 0 radical (unpaired) electrons. The van der Waals surface area contributed by atoms with Gasteiger partial charge >= 0.3 is 6.01 Å². The van der Waals surface area contributed by atoms with Crippen LogP contribution in [0.2, 0.25) is 0 Å². The number of hydrogen-bond acceptors (Lipinski definition) is 6. The highest BCUT2D eigenvalue weighted by molar-refractivity contribution is 5.74. The molecule has 1 aromatic rings. The average molecular weight is 185 g/mol. The van der Waals surface area contributed by atoms with Gasteiger partial charge in [0.2, 0.25) is 11.8 Å². The van der Waals surface area contributed by atoms with Gasteiger partial charge in [0, 0.05) is 13.0 Å². The Morgan fingerprint density at radius 2 is 2.31 bits per heavy atom. The van der Waals surface area contributed by atoms with Crippen molar-refractivity contribution in [2.24, 2.45) is 11.5 Å². The third kappa shape index (κ3) is 3.08. The van der Waals surface area contributed by atoms with E-state index in [4.69, 9.17) is 15.9 Å². The summed E-state index contributed by atoms with van der Waals surface area (Å²) < 4.78 is 5.00. The highest BCUT2D eigenvalue weighted by atomic mass is 16.4. The lowest BCUT2D eigenvalue weighted by molar-refractivity contribution is -0.117. The first-order chi connectivity index (χ1) is 6.22. The first kappa shape index (κ1) is 9.46. The highest BCUT2D eigenvalue weighted by Gasteiger charge is 2.03. The number of amides is 1. The van der Waals surface area contributed by atoms with Gasteiger partial charge in [-0.05, 0) is 0 Å². The van der Waals surface area contributed by atoms with Crippen LogP contribution in [0, 0.1) is 0 Å². The summed E-state index contributed by atoms with van der Waals surface area (Å²) in [6, 6.07) is 0.252. The molecule has 0 saturated heterocycles. The van der Waals surface area contributed by atoms with E-state index in [1.165, 1.54) is 0 Å². The summed E-state index contributed by atoms with van der Waals surface area (Å²) in [5, 5.41) is 9.97. The van der Waals surface area contributed by atoms with Crippen molar-refractivity contribution >= 4 is 11.9 Å². The fourth-order valence-corrected chi connectivity index (χ4v) is 0.700. The zero-order chi connectivity index (χ0) is 9.68. The van der Waals surface area contributed by atoms with Gasteiger partial charge in [-0.2, -0.15) is 0 Å². The van der Waals surface area contributed by atoms with Crippen molar-refractivity contribution < 1.29 is 9.21 Å². The zero-order valence-corrected chi connectivity index (χ0v) is 6.99. The zero-order valence-electron chi connectivity index (χ0n) is 6.99. The smallest absolute Gasteiger partial charge is 0.315 e. The second-order valence-corrected chi connectivity index (χ2v) is 2.35. The lowest BCUT2D eigenvalue weighted by Crippen LogP contribution is -2.15. The molecule has 0 spiro atoms. The van der Waals surface area contributed by atoms with E-state index in [0.29, 0.717) is 12.4 Å². The standard InChI is InChI=1S/C6H11N5O2/c7-3-5-10-11-6(13-5)9-2-1-4(8)12/h1-3,7H2,(H2,8,12)(H,9,11). The molecular weight excluding hydrogens is 174 g/mol. The molecule has 72 valence electrons. The molecule has 1 heterocycles. The van der Waals surface area contributed by atoms with Crippen molar-refractivity contribution in [3.05, 3.63) is 5.89 Å². The largest absolute Gasteiger partial charge is 0.407 e. The van der Waals surface area contributed by atoms with Crippen LogP contribution in [0.25, 0.3) is 0 Å². The van der Waals surface area contributed by atoms with Crippen LogP contribution in [-0.4, -0.2) is 22.6 Å². The normalized spacial score (nSPS) is 9.92. The van der Waals surface area contributed by atoms with Crippen LogP contribution >= 0.6 is 0 Å². The molecule has 0 aromatic carbocycles. The summed E-state index contributed by atoms with van der Waals surface area (Å²) in [6.07, 6.45) is 0.223. The van der Waals surface area contributed by atoms with E-state index in [2.05, 4.69) is 15.5 Å². The van der Waals surface area contributed by atoms with Crippen molar-refractivity contribution in [2.45, 2.75) is 13.0 Å². The van der Waals surface area contributed by atoms with Crippen molar-refractivity contribution in [3.8, 4) is 0 Å². The molecule has 7 nitrogen and oxygen atoms in total. The van der Waals surface area contributed by atoms with Crippen molar-refractivity contribution in [2.75, 3.05) is 11.9 Å². The van der Waals surface area contributed by atoms with Gasteiger partial charge < -0.3 is 21.2 Å². The third-order valence-electron chi connectivity index (χ3n) is 1.29. The number of anilines is 1. The molecule has 0 aliphatic carbocycles. The van der Waals surface area contributed by atoms with Crippen LogP contribution in [0.3, 0.4) is 0 Å². The van der Waals surface area contributed by atoms with Crippen LogP contribution < -0.4 is 16.8 Å². The molecular formula is C6H11N5O2. The molecule has 1 amide bonds. The van der Waals surface area contributed by atoms with Crippen LogP contribution in [0.15, 0.2) is 4.42 Å². The molecule has 0 aliphatic rings. The molecule has 1 rings (SSSR count). The highest BCUT2D eigenvalue weighted by Crippen LogP contribution is 2.03. The summed E-state index contributed by atoms with van der Waals surface area (Å²) >= 11 is 0. The summed E-state index contributed by atoms with van der Waals surface area (Å²) in [5.41, 5.74) is 10.2. The van der Waals surface area contributed by atoms with Gasteiger partial charge in [-0.15, -0.1) is 5.10 Å². The topological polar surface area (TPSA) is 120 Å². The van der Waals surface area contributed by atoms with Crippen LogP contribution in [-0.2, 0) is 11.3 Å². The van der Waals surface area contributed by atoms with Crippen molar-refractivity contribution in [1.82, 2.24) is 10.2 Å². The molecule has 0 unspecified atom stereocenters. The maximum Gasteiger partial charge on any atom is 0.315 e. The predicted molar refractivity (Wildman–Crippen MR) is 44.5 cm³/mol. The monoisotopic (exact) mass is 185 g/mol. The van der Waals surface area contributed by atoms with Gasteiger partial charge in [0.15, 0.2) is 0 Å². The van der Waals surface area contributed by atoms with E-state index in [1.54, 1.807) is 0 Å². The number of hydrogen-bond donors (Lipinski definition) is 3. The Kier molecular flexibility index (Phi) is 3.21. The van der Waals surface area contributed by atoms with Crippen molar-refractivity contribution in [1.29, 1.82) is 0 Å². The maximum absolute atomic E-state index is 10.3. The third-order valence-corrected chi connectivity index (χ3v) is 1.29. The Balaban J connectivity index is 2.32. The number of nitrogens with one attached hydrogen (secondary N) is 1. The SMILES string of the molecule is NCc1nnc(NCCC(N)=O)o1. The second kappa shape index (κ2) is 4.41. The number of rotatable bonds is 5.